The first-order valence-corrected chi connectivity index (χ1v) is 6.22. The summed E-state index contributed by atoms with van der Waals surface area (Å²) >= 11 is 0. The van der Waals surface area contributed by atoms with Crippen molar-refractivity contribution >= 4 is 6.08 Å². The van der Waals surface area contributed by atoms with Crippen molar-refractivity contribution in [2.75, 3.05) is 6.61 Å². The van der Waals surface area contributed by atoms with Gasteiger partial charge in [0, 0.05) is 22.6 Å². The molecule has 0 atom stereocenters. The van der Waals surface area contributed by atoms with Gasteiger partial charge in [-0.3, -0.25) is 0 Å². The molecule has 0 saturated heterocycles. The average Bonchev–Trinajstić information content (AvgIpc) is 2.77. The lowest BCUT2D eigenvalue weighted by Crippen LogP contribution is -2.23. The Morgan fingerprint density at radius 1 is 1.16 bits per heavy atom. The zero-order chi connectivity index (χ0) is 13.4. The first kappa shape index (κ1) is 11.9. The molecular formula is C15H16N2O2. The Labute approximate surface area is 111 Å². The van der Waals surface area contributed by atoms with E-state index in [-0.39, 0.29) is 6.61 Å². The Morgan fingerprint density at radius 3 is 2.58 bits per heavy atom. The molecule has 0 spiro atoms. The van der Waals surface area contributed by atoms with Crippen LogP contribution in [0.1, 0.15) is 17.0 Å². The number of fused-ring (bicyclic) bond motifs is 1. The van der Waals surface area contributed by atoms with Crippen molar-refractivity contribution in [1.29, 1.82) is 0 Å². The second-order valence-corrected chi connectivity index (χ2v) is 4.71. The van der Waals surface area contributed by atoms with Crippen molar-refractivity contribution < 1.29 is 9.94 Å². The summed E-state index contributed by atoms with van der Waals surface area (Å²) in [7, 11) is 0. The van der Waals surface area contributed by atoms with Gasteiger partial charge in [-0.2, -0.15) is 0 Å². The number of hydrogen-bond acceptors (Lipinski definition) is 3. The summed E-state index contributed by atoms with van der Waals surface area (Å²) in [5.74, 6) is 0.767. The molecule has 0 aliphatic carbocycles. The SMILES string of the molecule is Cc1ccc(C)n1-c1ccc2c(c1)C=C(CO)NO2. The van der Waals surface area contributed by atoms with Crippen LogP contribution in [0.15, 0.2) is 36.0 Å². The Morgan fingerprint density at radius 2 is 1.89 bits per heavy atom. The lowest BCUT2D eigenvalue weighted by Gasteiger charge is -2.19. The van der Waals surface area contributed by atoms with E-state index in [1.54, 1.807) is 0 Å². The second kappa shape index (κ2) is 4.48. The van der Waals surface area contributed by atoms with Gasteiger partial charge in [0.05, 0.1) is 12.3 Å². The number of aromatic nitrogens is 1. The highest BCUT2D eigenvalue weighted by Crippen LogP contribution is 2.28. The molecule has 0 amide bonds. The maximum atomic E-state index is 9.14. The van der Waals surface area contributed by atoms with Crippen LogP contribution in [0.4, 0.5) is 0 Å². The highest BCUT2D eigenvalue weighted by atomic mass is 16.6. The summed E-state index contributed by atoms with van der Waals surface area (Å²) in [6, 6.07) is 10.2. The predicted molar refractivity (Wildman–Crippen MR) is 74.1 cm³/mol. The van der Waals surface area contributed by atoms with Gasteiger partial charge in [0.15, 0.2) is 5.75 Å². The summed E-state index contributed by atoms with van der Waals surface area (Å²) in [4.78, 5) is 5.37. The number of aliphatic hydroxyl groups is 1. The van der Waals surface area contributed by atoms with Crippen LogP contribution in [0.25, 0.3) is 11.8 Å². The molecule has 2 aromatic rings. The van der Waals surface area contributed by atoms with Gasteiger partial charge in [-0.15, -0.1) is 0 Å². The van der Waals surface area contributed by atoms with Crippen LogP contribution in [0.3, 0.4) is 0 Å². The molecule has 0 radical (unpaired) electrons. The zero-order valence-corrected chi connectivity index (χ0v) is 11.0. The van der Waals surface area contributed by atoms with E-state index in [0.717, 1.165) is 17.0 Å². The molecule has 98 valence electrons. The highest BCUT2D eigenvalue weighted by Gasteiger charge is 2.13. The molecule has 1 aliphatic rings. The van der Waals surface area contributed by atoms with Gasteiger partial charge in [0.1, 0.15) is 0 Å². The van der Waals surface area contributed by atoms with Gasteiger partial charge in [-0.1, -0.05) is 0 Å². The fourth-order valence-corrected chi connectivity index (χ4v) is 2.37. The van der Waals surface area contributed by atoms with Crippen molar-refractivity contribution in [2.45, 2.75) is 13.8 Å². The molecule has 0 fully saturated rings. The first-order valence-electron chi connectivity index (χ1n) is 6.22. The van der Waals surface area contributed by atoms with Gasteiger partial charge in [0.2, 0.25) is 0 Å². The first-order chi connectivity index (χ1) is 9.19. The van der Waals surface area contributed by atoms with Crippen LogP contribution >= 0.6 is 0 Å². The molecule has 0 unspecified atom stereocenters. The number of hydroxylamine groups is 1. The lowest BCUT2D eigenvalue weighted by molar-refractivity contribution is 0.197. The fraction of sp³-hybridized carbons (Fsp3) is 0.200. The van der Waals surface area contributed by atoms with E-state index in [0.29, 0.717) is 5.70 Å². The minimum atomic E-state index is -0.0642. The summed E-state index contributed by atoms with van der Waals surface area (Å²) in [5.41, 5.74) is 7.81. The summed E-state index contributed by atoms with van der Waals surface area (Å²) in [6.07, 6.45) is 1.90. The molecular weight excluding hydrogens is 240 g/mol. The number of aliphatic hydroxyl groups excluding tert-OH is 1. The summed E-state index contributed by atoms with van der Waals surface area (Å²) in [6.45, 7) is 4.10. The number of benzene rings is 1. The molecule has 1 aromatic carbocycles. The molecule has 1 aliphatic heterocycles. The molecule has 19 heavy (non-hydrogen) atoms. The smallest absolute Gasteiger partial charge is 0.162 e. The third-order valence-corrected chi connectivity index (χ3v) is 3.31. The molecule has 4 nitrogen and oxygen atoms in total. The van der Waals surface area contributed by atoms with E-state index in [1.807, 2.05) is 18.2 Å². The molecule has 0 saturated carbocycles. The van der Waals surface area contributed by atoms with Crippen LogP contribution in [0, 0.1) is 13.8 Å². The van der Waals surface area contributed by atoms with Gasteiger partial charge in [0.25, 0.3) is 0 Å². The van der Waals surface area contributed by atoms with Crippen molar-refractivity contribution in [3.05, 3.63) is 53.0 Å². The Balaban J connectivity index is 2.10. The standard InChI is InChI=1S/C15H16N2O2/c1-10-3-4-11(2)17(10)14-5-6-15-12(8-14)7-13(9-18)16-19-15/h3-8,16,18H,9H2,1-2H3. The number of aryl methyl sites for hydroxylation is 2. The van der Waals surface area contributed by atoms with Crippen LogP contribution in [-0.4, -0.2) is 16.3 Å². The second-order valence-electron chi connectivity index (χ2n) is 4.71. The normalized spacial score (nSPS) is 13.3. The zero-order valence-electron chi connectivity index (χ0n) is 11.0. The van der Waals surface area contributed by atoms with Crippen molar-refractivity contribution in [3.63, 3.8) is 0 Å². The van der Waals surface area contributed by atoms with Gasteiger partial charge in [-0.25, -0.2) is 5.48 Å². The topological polar surface area (TPSA) is 46.4 Å². The van der Waals surface area contributed by atoms with Crippen LogP contribution in [0.5, 0.6) is 5.75 Å². The highest BCUT2D eigenvalue weighted by molar-refractivity contribution is 5.64. The number of rotatable bonds is 2. The minimum absolute atomic E-state index is 0.0642. The maximum Gasteiger partial charge on any atom is 0.162 e. The molecule has 3 rings (SSSR count). The van der Waals surface area contributed by atoms with Crippen LogP contribution in [-0.2, 0) is 0 Å². The average molecular weight is 256 g/mol. The van der Waals surface area contributed by atoms with E-state index < -0.39 is 0 Å². The monoisotopic (exact) mass is 256 g/mol. The van der Waals surface area contributed by atoms with Gasteiger partial charge >= 0.3 is 0 Å². The summed E-state index contributed by atoms with van der Waals surface area (Å²) < 4.78 is 2.19. The Hall–Kier alpha value is -2.20. The molecule has 4 heteroatoms. The van der Waals surface area contributed by atoms with Gasteiger partial charge < -0.3 is 14.5 Å². The predicted octanol–water partition coefficient (Wildman–Crippen LogP) is 2.32. The van der Waals surface area contributed by atoms with E-state index in [4.69, 9.17) is 9.94 Å². The van der Waals surface area contributed by atoms with Crippen molar-refractivity contribution in [2.24, 2.45) is 0 Å². The fourth-order valence-electron chi connectivity index (χ4n) is 2.37. The number of hydrogen-bond donors (Lipinski definition) is 2. The number of nitrogens with zero attached hydrogens (tertiary/aromatic N) is 1. The summed E-state index contributed by atoms with van der Waals surface area (Å²) in [5, 5.41) is 9.14. The van der Waals surface area contributed by atoms with Crippen molar-refractivity contribution in [3.8, 4) is 11.4 Å². The quantitative estimate of drug-likeness (QED) is 0.867. The largest absolute Gasteiger partial charge is 0.390 e. The Kier molecular flexibility index (Phi) is 2.80. The molecule has 2 N–H and O–H groups in total. The van der Waals surface area contributed by atoms with E-state index in [2.05, 4.69) is 42.1 Å². The minimum Gasteiger partial charge on any atom is -0.390 e. The van der Waals surface area contributed by atoms with E-state index in [1.165, 1.54) is 11.4 Å². The maximum absolute atomic E-state index is 9.14. The molecule has 0 bridgehead atoms. The number of nitrogens with one attached hydrogen (secondary N) is 1. The van der Waals surface area contributed by atoms with E-state index in [9.17, 15) is 0 Å². The van der Waals surface area contributed by atoms with Crippen LogP contribution < -0.4 is 10.3 Å². The third-order valence-electron chi connectivity index (χ3n) is 3.31. The van der Waals surface area contributed by atoms with Gasteiger partial charge in [-0.05, 0) is 50.3 Å². The third kappa shape index (κ3) is 2.00. The van der Waals surface area contributed by atoms with E-state index >= 15 is 0 Å². The molecule has 2 heterocycles. The lowest BCUT2D eigenvalue weighted by atomic mass is 10.1. The van der Waals surface area contributed by atoms with Crippen LogP contribution in [0.2, 0.25) is 0 Å². The Bertz CT molecular complexity index is 637. The molecule has 1 aromatic heterocycles. The van der Waals surface area contributed by atoms with Crippen molar-refractivity contribution in [1.82, 2.24) is 10.0 Å².